The molecule has 0 unspecified atom stereocenters. The van der Waals surface area contributed by atoms with E-state index >= 15 is 0 Å². The van der Waals surface area contributed by atoms with Crippen molar-refractivity contribution in [3.8, 4) is 0 Å². The largest absolute Gasteiger partial charge is 0.332 e. The molecular formula is C16H17N5O2S. The summed E-state index contributed by atoms with van der Waals surface area (Å²) in [6.07, 6.45) is 7.95. The molecule has 124 valence electrons. The van der Waals surface area contributed by atoms with E-state index in [0.29, 0.717) is 17.8 Å². The molecule has 0 bridgehead atoms. The fourth-order valence-corrected chi connectivity index (χ4v) is 3.79. The van der Waals surface area contributed by atoms with E-state index in [-0.39, 0.29) is 29.8 Å². The van der Waals surface area contributed by atoms with Gasteiger partial charge in [-0.05, 0) is 37.0 Å². The number of likely N-dealkylation sites (tertiary alicyclic amines) is 1. The third kappa shape index (κ3) is 2.89. The lowest BCUT2D eigenvalue weighted by molar-refractivity contribution is -0.142. The van der Waals surface area contributed by atoms with E-state index in [9.17, 15) is 9.59 Å². The van der Waals surface area contributed by atoms with Crippen LogP contribution in [-0.4, -0.2) is 37.3 Å². The number of aromatic nitrogens is 3. The summed E-state index contributed by atoms with van der Waals surface area (Å²) in [4.78, 5) is 31.3. The van der Waals surface area contributed by atoms with Crippen LogP contribution in [0.1, 0.15) is 37.3 Å². The number of carbonyl (C=O) groups is 2. The van der Waals surface area contributed by atoms with E-state index in [4.69, 9.17) is 0 Å². The molecule has 4 rings (SSSR count). The number of piperidine rings is 1. The van der Waals surface area contributed by atoms with Gasteiger partial charge in [-0.2, -0.15) is 0 Å². The molecular weight excluding hydrogens is 326 g/mol. The third-order valence-electron chi connectivity index (χ3n) is 4.57. The SMILES string of the molecule is O=C(Nc1cnns1)[C@H]1CCC(=O)N(C2CC2)[C@@H]1c1ccncc1. The number of carbonyl (C=O) groups excluding carboxylic acids is 2. The first-order valence-electron chi connectivity index (χ1n) is 8.03. The number of hydrogen-bond donors (Lipinski definition) is 1. The summed E-state index contributed by atoms with van der Waals surface area (Å²) >= 11 is 1.15. The van der Waals surface area contributed by atoms with Crippen LogP contribution in [0.15, 0.2) is 30.7 Å². The Kier molecular flexibility index (Phi) is 3.97. The van der Waals surface area contributed by atoms with Crippen molar-refractivity contribution in [2.24, 2.45) is 5.92 Å². The summed E-state index contributed by atoms with van der Waals surface area (Å²) < 4.78 is 3.77. The Bertz CT molecular complexity index is 732. The second kappa shape index (κ2) is 6.27. The molecule has 1 aliphatic heterocycles. The van der Waals surface area contributed by atoms with Gasteiger partial charge in [-0.3, -0.25) is 14.6 Å². The van der Waals surface area contributed by atoms with Crippen LogP contribution in [0.5, 0.6) is 0 Å². The van der Waals surface area contributed by atoms with Crippen LogP contribution < -0.4 is 5.32 Å². The molecule has 0 spiro atoms. The van der Waals surface area contributed by atoms with Crippen molar-refractivity contribution in [3.63, 3.8) is 0 Å². The molecule has 0 aromatic carbocycles. The van der Waals surface area contributed by atoms with Crippen molar-refractivity contribution in [2.75, 3.05) is 5.32 Å². The minimum Gasteiger partial charge on any atom is -0.332 e. The number of nitrogens with one attached hydrogen (secondary N) is 1. The molecule has 0 radical (unpaired) electrons. The first kappa shape index (κ1) is 15.2. The van der Waals surface area contributed by atoms with E-state index in [1.165, 1.54) is 6.20 Å². The first-order valence-corrected chi connectivity index (χ1v) is 8.80. The Balaban J connectivity index is 1.65. The minimum absolute atomic E-state index is 0.0824. The van der Waals surface area contributed by atoms with Gasteiger partial charge in [-0.1, -0.05) is 4.49 Å². The zero-order valence-corrected chi connectivity index (χ0v) is 13.8. The molecule has 2 fully saturated rings. The summed E-state index contributed by atoms with van der Waals surface area (Å²) in [5, 5.41) is 7.26. The molecule has 8 heteroatoms. The summed E-state index contributed by atoms with van der Waals surface area (Å²) in [5.74, 6) is -0.225. The van der Waals surface area contributed by atoms with Crippen LogP contribution in [0.3, 0.4) is 0 Å². The van der Waals surface area contributed by atoms with Gasteiger partial charge in [0.15, 0.2) is 0 Å². The molecule has 1 saturated heterocycles. The normalized spacial score (nSPS) is 24.0. The Hall–Kier alpha value is -2.35. The summed E-state index contributed by atoms with van der Waals surface area (Å²) in [7, 11) is 0. The molecule has 7 nitrogen and oxygen atoms in total. The second-order valence-electron chi connectivity index (χ2n) is 6.17. The van der Waals surface area contributed by atoms with Gasteiger partial charge in [0.05, 0.1) is 18.2 Å². The van der Waals surface area contributed by atoms with Crippen LogP contribution in [0.2, 0.25) is 0 Å². The van der Waals surface area contributed by atoms with Crippen molar-refractivity contribution < 1.29 is 9.59 Å². The Morgan fingerprint density at radius 3 is 2.71 bits per heavy atom. The van der Waals surface area contributed by atoms with Crippen LogP contribution in [0, 0.1) is 5.92 Å². The van der Waals surface area contributed by atoms with Crippen molar-refractivity contribution in [3.05, 3.63) is 36.3 Å². The highest BCUT2D eigenvalue weighted by atomic mass is 32.1. The summed E-state index contributed by atoms with van der Waals surface area (Å²) in [6.45, 7) is 0. The number of nitrogens with zero attached hydrogens (tertiary/aromatic N) is 4. The van der Waals surface area contributed by atoms with Gasteiger partial charge in [0.25, 0.3) is 0 Å². The van der Waals surface area contributed by atoms with E-state index in [2.05, 4.69) is 19.9 Å². The predicted molar refractivity (Wildman–Crippen MR) is 88.1 cm³/mol. The third-order valence-corrected chi connectivity index (χ3v) is 5.15. The highest BCUT2D eigenvalue weighted by Crippen LogP contribution is 2.43. The van der Waals surface area contributed by atoms with Crippen molar-refractivity contribution in [1.82, 2.24) is 19.5 Å². The van der Waals surface area contributed by atoms with Crippen molar-refractivity contribution >= 4 is 28.3 Å². The quantitative estimate of drug-likeness (QED) is 0.917. The number of pyridine rings is 1. The van der Waals surface area contributed by atoms with Crippen LogP contribution in [0.4, 0.5) is 5.00 Å². The Labute approximate surface area is 143 Å². The first-order chi connectivity index (χ1) is 11.7. The molecule has 24 heavy (non-hydrogen) atoms. The zero-order chi connectivity index (χ0) is 16.5. The Morgan fingerprint density at radius 2 is 2.04 bits per heavy atom. The van der Waals surface area contributed by atoms with Crippen LogP contribution in [0.25, 0.3) is 0 Å². The number of amides is 2. The number of anilines is 1. The average molecular weight is 343 g/mol. The maximum Gasteiger partial charge on any atom is 0.230 e. The van der Waals surface area contributed by atoms with Crippen molar-refractivity contribution in [1.29, 1.82) is 0 Å². The molecule has 1 saturated carbocycles. The van der Waals surface area contributed by atoms with Gasteiger partial charge in [0, 0.05) is 36.4 Å². The maximum absolute atomic E-state index is 12.8. The highest BCUT2D eigenvalue weighted by molar-refractivity contribution is 7.10. The van der Waals surface area contributed by atoms with Gasteiger partial charge in [-0.25, -0.2) is 0 Å². The smallest absolute Gasteiger partial charge is 0.230 e. The molecule has 3 heterocycles. The monoisotopic (exact) mass is 343 g/mol. The van der Waals surface area contributed by atoms with Crippen LogP contribution in [-0.2, 0) is 9.59 Å². The van der Waals surface area contributed by atoms with Gasteiger partial charge in [0.1, 0.15) is 5.00 Å². The minimum atomic E-state index is -0.284. The van der Waals surface area contributed by atoms with Crippen LogP contribution >= 0.6 is 11.5 Å². The lowest BCUT2D eigenvalue weighted by Crippen LogP contribution is -2.47. The van der Waals surface area contributed by atoms with E-state index < -0.39 is 0 Å². The maximum atomic E-state index is 12.8. The molecule has 2 aromatic rings. The van der Waals surface area contributed by atoms with E-state index in [1.54, 1.807) is 12.4 Å². The van der Waals surface area contributed by atoms with Gasteiger partial charge < -0.3 is 10.2 Å². The molecule has 2 amide bonds. The van der Waals surface area contributed by atoms with E-state index in [0.717, 1.165) is 29.9 Å². The van der Waals surface area contributed by atoms with Gasteiger partial charge in [0.2, 0.25) is 11.8 Å². The molecule has 2 aromatic heterocycles. The standard InChI is InChI=1S/C16H17N5O2S/c22-14-4-3-12(16(23)19-13-9-18-20-24-13)15(21(14)11-1-2-11)10-5-7-17-8-6-10/h5-9,11-12,15H,1-4H2,(H,19,23)/t12-,15+/m0/s1. The zero-order valence-electron chi connectivity index (χ0n) is 13.0. The molecule has 1 N–H and O–H groups in total. The lowest BCUT2D eigenvalue weighted by atomic mass is 9.83. The van der Waals surface area contributed by atoms with Crippen molar-refractivity contribution in [2.45, 2.75) is 37.8 Å². The molecule has 2 atom stereocenters. The number of hydrogen-bond acceptors (Lipinski definition) is 6. The predicted octanol–water partition coefficient (Wildman–Crippen LogP) is 2.01. The molecule has 1 aliphatic carbocycles. The van der Waals surface area contributed by atoms with Gasteiger partial charge in [-0.15, -0.1) is 5.10 Å². The molecule has 2 aliphatic rings. The fourth-order valence-electron chi connectivity index (χ4n) is 3.36. The lowest BCUT2D eigenvalue weighted by Gasteiger charge is -2.41. The van der Waals surface area contributed by atoms with E-state index in [1.807, 2.05) is 17.0 Å². The fraction of sp³-hybridized carbons (Fsp3) is 0.438. The summed E-state index contributed by atoms with van der Waals surface area (Å²) in [5.41, 5.74) is 0.965. The summed E-state index contributed by atoms with van der Waals surface area (Å²) in [6, 6.07) is 3.82. The number of rotatable bonds is 4. The second-order valence-corrected chi connectivity index (χ2v) is 6.96. The Morgan fingerprint density at radius 1 is 1.25 bits per heavy atom. The average Bonchev–Trinajstić information content (AvgIpc) is 3.31. The topological polar surface area (TPSA) is 88.1 Å². The highest BCUT2D eigenvalue weighted by Gasteiger charge is 2.46. The van der Waals surface area contributed by atoms with Gasteiger partial charge >= 0.3 is 0 Å².